The molecule has 18 heavy (non-hydrogen) atoms. The summed E-state index contributed by atoms with van der Waals surface area (Å²) < 4.78 is 5.16. The fourth-order valence-corrected chi connectivity index (χ4v) is 1.67. The highest BCUT2D eigenvalue weighted by atomic mass is 16.4. The van der Waals surface area contributed by atoms with E-state index < -0.39 is 17.9 Å². The Hall–Kier alpha value is -2.15. The highest BCUT2D eigenvalue weighted by Crippen LogP contribution is 2.09. The number of imide groups is 1. The number of rotatable bonds is 3. The van der Waals surface area contributed by atoms with E-state index in [4.69, 9.17) is 10.2 Å². The molecule has 1 fully saturated rings. The Morgan fingerprint density at radius 3 is 2.89 bits per heavy atom. The zero-order valence-corrected chi connectivity index (χ0v) is 9.56. The van der Waals surface area contributed by atoms with Crippen molar-refractivity contribution in [3.8, 4) is 0 Å². The lowest BCUT2D eigenvalue weighted by Gasteiger charge is -2.21. The van der Waals surface area contributed by atoms with Gasteiger partial charge in [-0.05, 0) is 18.6 Å². The Bertz CT molecular complexity index is 494. The third-order valence-electron chi connectivity index (χ3n) is 2.63. The van der Waals surface area contributed by atoms with Crippen LogP contribution in [0.25, 0.3) is 0 Å². The van der Waals surface area contributed by atoms with Crippen molar-refractivity contribution in [1.29, 1.82) is 0 Å². The third kappa shape index (κ3) is 2.57. The summed E-state index contributed by atoms with van der Waals surface area (Å²) in [5.41, 5.74) is 5.36. The monoisotopic (exact) mass is 251 g/mol. The minimum atomic E-state index is -0.707. The van der Waals surface area contributed by atoms with Gasteiger partial charge in [0.1, 0.15) is 11.8 Å². The molecule has 2 heterocycles. The highest BCUT2D eigenvalue weighted by molar-refractivity contribution is 6.03. The van der Waals surface area contributed by atoms with E-state index in [9.17, 15) is 14.4 Å². The lowest BCUT2D eigenvalue weighted by molar-refractivity contribution is -0.134. The van der Waals surface area contributed by atoms with Gasteiger partial charge in [-0.3, -0.25) is 19.7 Å². The molecule has 1 saturated heterocycles. The molecule has 4 N–H and O–H groups in total. The van der Waals surface area contributed by atoms with Crippen LogP contribution in [0.2, 0.25) is 0 Å². The fraction of sp³-hybridized carbons (Fsp3) is 0.364. The second-order valence-electron chi connectivity index (χ2n) is 3.95. The molecule has 96 valence electrons. The summed E-state index contributed by atoms with van der Waals surface area (Å²) >= 11 is 0. The number of nitrogens with two attached hydrogens (primary N) is 1. The van der Waals surface area contributed by atoms with E-state index in [-0.39, 0.29) is 24.6 Å². The minimum absolute atomic E-state index is 0.0974. The average molecular weight is 251 g/mol. The molecule has 1 aliphatic heterocycles. The summed E-state index contributed by atoms with van der Waals surface area (Å²) in [6.45, 7) is 0.200. The van der Waals surface area contributed by atoms with Crippen LogP contribution in [-0.4, -0.2) is 23.8 Å². The van der Waals surface area contributed by atoms with E-state index in [1.165, 1.54) is 6.07 Å². The van der Waals surface area contributed by atoms with E-state index >= 15 is 0 Å². The predicted octanol–water partition coefficient (Wildman–Crippen LogP) is -0.727. The van der Waals surface area contributed by atoms with Crippen molar-refractivity contribution in [3.63, 3.8) is 0 Å². The van der Waals surface area contributed by atoms with Crippen molar-refractivity contribution in [3.05, 3.63) is 23.7 Å². The maximum absolute atomic E-state index is 11.8. The van der Waals surface area contributed by atoms with Crippen LogP contribution < -0.4 is 16.4 Å². The molecule has 0 bridgehead atoms. The number of furan rings is 1. The van der Waals surface area contributed by atoms with E-state index in [0.29, 0.717) is 12.2 Å². The number of amides is 3. The molecule has 0 saturated carbocycles. The number of hydrogen-bond donors (Lipinski definition) is 3. The molecule has 1 aromatic rings. The molecule has 0 aliphatic carbocycles. The first-order valence-electron chi connectivity index (χ1n) is 5.53. The quantitative estimate of drug-likeness (QED) is 0.613. The number of carbonyl (C=O) groups excluding carboxylic acids is 3. The molecule has 1 unspecified atom stereocenters. The maximum Gasteiger partial charge on any atom is 0.287 e. The third-order valence-corrected chi connectivity index (χ3v) is 2.63. The van der Waals surface area contributed by atoms with Crippen LogP contribution in [0.15, 0.2) is 16.5 Å². The molecule has 3 amide bonds. The van der Waals surface area contributed by atoms with Crippen LogP contribution >= 0.6 is 0 Å². The maximum atomic E-state index is 11.8. The summed E-state index contributed by atoms with van der Waals surface area (Å²) in [5, 5.41) is 4.66. The van der Waals surface area contributed by atoms with Crippen LogP contribution in [-0.2, 0) is 16.1 Å². The SMILES string of the molecule is NCc1ccc(C(=O)NC2CCC(=O)NC2=O)o1. The van der Waals surface area contributed by atoms with Crippen molar-refractivity contribution >= 4 is 17.7 Å². The summed E-state index contributed by atoms with van der Waals surface area (Å²) in [5.74, 6) is -0.730. The van der Waals surface area contributed by atoms with Crippen molar-refractivity contribution in [2.75, 3.05) is 0 Å². The Labute approximate surface area is 103 Å². The molecule has 1 aromatic heterocycles. The van der Waals surface area contributed by atoms with Gasteiger partial charge in [-0.15, -0.1) is 0 Å². The molecule has 1 aliphatic rings. The molecule has 0 spiro atoms. The highest BCUT2D eigenvalue weighted by Gasteiger charge is 2.28. The molecule has 2 rings (SSSR count). The minimum Gasteiger partial charge on any atom is -0.455 e. The van der Waals surface area contributed by atoms with E-state index in [0.717, 1.165) is 0 Å². The fourth-order valence-electron chi connectivity index (χ4n) is 1.67. The normalized spacial score (nSPS) is 19.5. The molecule has 1 atom stereocenters. The molecule has 7 heteroatoms. The van der Waals surface area contributed by atoms with E-state index in [2.05, 4.69) is 10.6 Å². The van der Waals surface area contributed by atoms with Gasteiger partial charge in [0.15, 0.2) is 5.76 Å². The first kappa shape index (κ1) is 12.3. The zero-order chi connectivity index (χ0) is 13.1. The smallest absolute Gasteiger partial charge is 0.287 e. The number of piperidine rings is 1. The predicted molar refractivity (Wildman–Crippen MR) is 60.2 cm³/mol. The van der Waals surface area contributed by atoms with Crippen LogP contribution in [0, 0.1) is 0 Å². The van der Waals surface area contributed by atoms with Crippen LogP contribution in [0.1, 0.15) is 29.2 Å². The van der Waals surface area contributed by atoms with Crippen molar-refractivity contribution in [1.82, 2.24) is 10.6 Å². The van der Waals surface area contributed by atoms with Crippen molar-refractivity contribution in [2.24, 2.45) is 5.73 Å². The number of hydrogen-bond acceptors (Lipinski definition) is 5. The summed E-state index contributed by atoms with van der Waals surface area (Å²) in [6, 6.07) is 2.38. The van der Waals surface area contributed by atoms with Gasteiger partial charge in [0.2, 0.25) is 11.8 Å². The standard InChI is InChI=1S/C11H13N3O4/c12-5-6-1-3-8(18-6)11(17)13-7-2-4-9(15)14-10(7)16/h1,3,7H,2,4-5,12H2,(H,13,17)(H,14,15,16). The van der Waals surface area contributed by atoms with E-state index in [1.54, 1.807) is 6.07 Å². The Morgan fingerprint density at radius 2 is 2.28 bits per heavy atom. The average Bonchev–Trinajstić information content (AvgIpc) is 2.81. The topological polar surface area (TPSA) is 114 Å². The van der Waals surface area contributed by atoms with Gasteiger partial charge < -0.3 is 15.5 Å². The molecule has 7 nitrogen and oxygen atoms in total. The summed E-state index contributed by atoms with van der Waals surface area (Å²) in [6.07, 6.45) is 0.504. The second-order valence-corrected chi connectivity index (χ2v) is 3.95. The van der Waals surface area contributed by atoms with E-state index in [1.807, 2.05) is 0 Å². The molecule has 0 aromatic carbocycles. The van der Waals surface area contributed by atoms with Crippen LogP contribution in [0.3, 0.4) is 0 Å². The van der Waals surface area contributed by atoms with Crippen LogP contribution in [0.4, 0.5) is 0 Å². The molecule has 0 radical (unpaired) electrons. The Balaban J connectivity index is 1.99. The Kier molecular flexibility index (Phi) is 3.42. The number of nitrogens with one attached hydrogen (secondary N) is 2. The first-order chi connectivity index (χ1) is 8.60. The van der Waals surface area contributed by atoms with Gasteiger partial charge >= 0.3 is 0 Å². The second kappa shape index (κ2) is 5.01. The van der Waals surface area contributed by atoms with Gasteiger partial charge in [-0.25, -0.2) is 0 Å². The van der Waals surface area contributed by atoms with Gasteiger partial charge in [0.05, 0.1) is 6.54 Å². The summed E-state index contributed by atoms with van der Waals surface area (Å²) in [4.78, 5) is 34.1. The molecular formula is C11H13N3O4. The van der Waals surface area contributed by atoms with Crippen LogP contribution in [0.5, 0.6) is 0 Å². The zero-order valence-electron chi connectivity index (χ0n) is 9.56. The lowest BCUT2D eigenvalue weighted by Crippen LogP contribution is -2.52. The van der Waals surface area contributed by atoms with Gasteiger partial charge in [-0.1, -0.05) is 0 Å². The Morgan fingerprint density at radius 1 is 1.50 bits per heavy atom. The van der Waals surface area contributed by atoms with Gasteiger partial charge in [0.25, 0.3) is 5.91 Å². The first-order valence-corrected chi connectivity index (χ1v) is 5.53. The molecular weight excluding hydrogens is 238 g/mol. The lowest BCUT2D eigenvalue weighted by atomic mass is 10.1. The number of carbonyl (C=O) groups is 3. The largest absolute Gasteiger partial charge is 0.455 e. The summed E-state index contributed by atoms with van der Waals surface area (Å²) in [7, 11) is 0. The van der Waals surface area contributed by atoms with Gasteiger partial charge in [-0.2, -0.15) is 0 Å². The van der Waals surface area contributed by atoms with Crippen molar-refractivity contribution in [2.45, 2.75) is 25.4 Å². The van der Waals surface area contributed by atoms with Gasteiger partial charge in [0, 0.05) is 6.42 Å². The van der Waals surface area contributed by atoms with Crippen molar-refractivity contribution < 1.29 is 18.8 Å².